The standard InChI is InChI=1S/C11H14BrN3O2/c1-7-4-11(14-3-2-8(13)6-14)9(12)5-10(7)15(16)17/h4-5,8H,2-3,6,13H2,1H3. The molecule has 2 N–H and O–H groups in total. The van der Waals surface area contributed by atoms with Gasteiger partial charge in [0.05, 0.1) is 10.6 Å². The molecule has 1 aromatic rings. The number of halogens is 1. The molecule has 0 aromatic heterocycles. The maximum absolute atomic E-state index is 10.8. The van der Waals surface area contributed by atoms with Gasteiger partial charge in [-0.05, 0) is 35.3 Å². The van der Waals surface area contributed by atoms with Crippen LogP contribution in [0.4, 0.5) is 11.4 Å². The van der Waals surface area contributed by atoms with E-state index < -0.39 is 0 Å². The molecule has 1 fully saturated rings. The third-order valence-electron chi connectivity index (χ3n) is 3.03. The van der Waals surface area contributed by atoms with E-state index in [1.165, 1.54) is 0 Å². The number of nitrogens with zero attached hydrogens (tertiary/aromatic N) is 2. The van der Waals surface area contributed by atoms with Crippen LogP contribution in [0.2, 0.25) is 0 Å². The number of benzene rings is 1. The number of rotatable bonds is 2. The van der Waals surface area contributed by atoms with Crippen LogP contribution >= 0.6 is 15.9 Å². The van der Waals surface area contributed by atoms with Crippen LogP contribution in [-0.4, -0.2) is 24.1 Å². The van der Waals surface area contributed by atoms with E-state index in [1.807, 2.05) is 6.07 Å². The quantitative estimate of drug-likeness (QED) is 0.671. The van der Waals surface area contributed by atoms with E-state index in [2.05, 4.69) is 20.8 Å². The molecular weight excluding hydrogens is 286 g/mol. The fraction of sp³-hybridized carbons (Fsp3) is 0.455. The van der Waals surface area contributed by atoms with Crippen molar-refractivity contribution in [1.29, 1.82) is 0 Å². The van der Waals surface area contributed by atoms with Gasteiger partial charge in [-0.3, -0.25) is 10.1 Å². The monoisotopic (exact) mass is 299 g/mol. The Kier molecular flexibility index (Phi) is 3.35. The summed E-state index contributed by atoms with van der Waals surface area (Å²) < 4.78 is 0.754. The van der Waals surface area contributed by atoms with Crippen LogP contribution in [-0.2, 0) is 0 Å². The molecule has 0 spiro atoms. The molecule has 1 heterocycles. The highest BCUT2D eigenvalue weighted by Gasteiger charge is 2.23. The molecular formula is C11H14BrN3O2. The molecule has 6 heteroatoms. The van der Waals surface area contributed by atoms with Crippen molar-refractivity contribution in [3.05, 3.63) is 32.3 Å². The summed E-state index contributed by atoms with van der Waals surface area (Å²) in [6, 6.07) is 3.60. The van der Waals surface area contributed by atoms with E-state index in [-0.39, 0.29) is 16.7 Å². The van der Waals surface area contributed by atoms with Crippen LogP contribution in [0, 0.1) is 17.0 Å². The predicted octanol–water partition coefficient (Wildman–Crippen LogP) is 2.20. The Morgan fingerprint density at radius 2 is 2.29 bits per heavy atom. The second-order valence-electron chi connectivity index (χ2n) is 4.34. The smallest absolute Gasteiger partial charge is 0.273 e. The molecule has 0 bridgehead atoms. The average Bonchev–Trinajstić information content (AvgIpc) is 2.67. The Hall–Kier alpha value is -1.14. The van der Waals surface area contributed by atoms with Crippen LogP contribution < -0.4 is 10.6 Å². The fourth-order valence-corrected chi connectivity index (χ4v) is 2.68. The Labute approximate surface area is 108 Å². The molecule has 1 unspecified atom stereocenters. The first-order chi connectivity index (χ1) is 7.99. The minimum absolute atomic E-state index is 0.143. The largest absolute Gasteiger partial charge is 0.369 e. The first-order valence-electron chi connectivity index (χ1n) is 5.44. The van der Waals surface area contributed by atoms with Crippen molar-refractivity contribution >= 4 is 27.3 Å². The van der Waals surface area contributed by atoms with E-state index in [0.29, 0.717) is 5.56 Å². The number of aryl methyl sites for hydroxylation is 1. The molecule has 0 aliphatic carbocycles. The van der Waals surface area contributed by atoms with Gasteiger partial charge in [-0.15, -0.1) is 0 Å². The maximum atomic E-state index is 10.8. The highest BCUT2D eigenvalue weighted by atomic mass is 79.9. The van der Waals surface area contributed by atoms with Gasteiger partial charge in [-0.1, -0.05) is 0 Å². The van der Waals surface area contributed by atoms with Crippen molar-refractivity contribution in [2.45, 2.75) is 19.4 Å². The zero-order valence-electron chi connectivity index (χ0n) is 9.52. The molecule has 1 aliphatic heterocycles. The summed E-state index contributed by atoms with van der Waals surface area (Å²) >= 11 is 3.39. The predicted molar refractivity (Wildman–Crippen MR) is 70.3 cm³/mol. The van der Waals surface area contributed by atoms with Gasteiger partial charge in [0.1, 0.15) is 0 Å². The summed E-state index contributed by atoms with van der Waals surface area (Å²) in [6.45, 7) is 3.46. The highest BCUT2D eigenvalue weighted by Crippen LogP contribution is 2.34. The van der Waals surface area contributed by atoms with Gasteiger partial charge >= 0.3 is 0 Å². The van der Waals surface area contributed by atoms with Gasteiger partial charge in [-0.25, -0.2) is 0 Å². The van der Waals surface area contributed by atoms with Crippen LogP contribution in [0.15, 0.2) is 16.6 Å². The molecule has 92 valence electrons. The molecule has 1 saturated heterocycles. The minimum Gasteiger partial charge on any atom is -0.369 e. The minimum atomic E-state index is -0.362. The van der Waals surface area contributed by atoms with Crippen LogP contribution in [0.3, 0.4) is 0 Å². The second-order valence-corrected chi connectivity index (χ2v) is 5.20. The lowest BCUT2D eigenvalue weighted by Crippen LogP contribution is -2.26. The summed E-state index contributed by atoms with van der Waals surface area (Å²) in [6.07, 6.45) is 0.961. The van der Waals surface area contributed by atoms with E-state index >= 15 is 0 Å². The molecule has 1 atom stereocenters. The van der Waals surface area contributed by atoms with Gasteiger partial charge in [-0.2, -0.15) is 0 Å². The zero-order valence-corrected chi connectivity index (χ0v) is 11.1. The molecule has 0 amide bonds. The van der Waals surface area contributed by atoms with Crippen LogP contribution in [0.1, 0.15) is 12.0 Å². The summed E-state index contributed by atoms with van der Waals surface area (Å²) in [5, 5.41) is 10.8. The molecule has 0 radical (unpaired) electrons. The van der Waals surface area contributed by atoms with Crippen LogP contribution in [0.5, 0.6) is 0 Å². The molecule has 1 aromatic carbocycles. The van der Waals surface area contributed by atoms with E-state index in [9.17, 15) is 10.1 Å². The van der Waals surface area contributed by atoms with Crippen molar-refractivity contribution in [3.63, 3.8) is 0 Å². The van der Waals surface area contributed by atoms with Crippen molar-refractivity contribution in [1.82, 2.24) is 0 Å². The Balaban J connectivity index is 2.36. The lowest BCUT2D eigenvalue weighted by Gasteiger charge is -2.20. The van der Waals surface area contributed by atoms with Crippen molar-refractivity contribution < 1.29 is 4.92 Å². The average molecular weight is 300 g/mol. The number of nitro benzene ring substituents is 1. The van der Waals surface area contributed by atoms with Crippen molar-refractivity contribution in [2.24, 2.45) is 5.73 Å². The zero-order chi connectivity index (χ0) is 12.6. The third kappa shape index (κ3) is 2.42. The molecule has 17 heavy (non-hydrogen) atoms. The number of nitrogens with two attached hydrogens (primary N) is 1. The highest BCUT2D eigenvalue weighted by molar-refractivity contribution is 9.10. The van der Waals surface area contributed by atoms with E-state index in [0.717, 1.165) is 29.7 Å². The summed E-state index contributed by atoms with van der Waals surface area (Å²) in [4.78, 5) is 12.6. The van der Waals surface area contributed by atoms with Crippen molar-refractivity contribution in [3.8, 4) is 0 Å². The SMILES string of the molecule is Cc1cc(N2CCC(N)C2)c(Br)cc1[N+](=O)[O-]. The van der Waals surface area contributed by atoms with Gasteiger partial charge in [0.15, 0.2) is 0 Å². The first-order valence-corrected chi connectivity index (χ1v) is 6.23. The lowest BCUT2D eigenvalue weighted by molar-refractivity contribution is -0.385. The molecule has 2 rings (SSSR count). The van der Waals surface area contributed by atoms with Gasteiger partial charge in [0.2, 0.25) is 0 Å². The summed E-state index contributed by atoms with van der Waals surface area (Å²) in [5.74, 6) is 0. The number of hydrogen-bond donors (Lipinski definition) is 1. The van der Waals surface area contributed by atoms with Gasteiger partial charge in [0.25, 0.3) is 5.69 Å². The van der Waals surface area contributed by atoms with E-state index in [4.69, 9.17) is 5.73 Å². The van der Waals surface area contributed by atoms with Gasteiger partial charge < -0.3 is 10.6 Å². The van der Waals surface area contributed by atoms with Crippen LogP contribution in [0.25, 0.3) is 0 Å². The topological polar surface area (TPSA) is 72.4 Å². The van der Waals surface area contributed by atoms with E-state index in [1.54, 1.807) is 13.0 Å². The normalized spacial score (nSPS) is 19.7. The Morgan fingerprint density at radius 3 is 2.82 bits per heavy atom. The van der Waals surface area contributed by atoms with Crippen molar-refractivity contribution in [2.75, 3.05) is 18.0 Å². The first kappa shape index (κ1) is 12.3. The number of nitro groups is 1. The lowest BCUT2D eigenvalue weighted by atomic mass is 10.1. The number of hydrogen-bond acceptors (Lipinski definition) is 4. The number of anilines is 1. The molecule has 1 aliphatic rings. The van der Waals surface area contributed by atoms with Gasteiger partial charge in [0, 0.05) is 35.2 Å². The summed E-state index contributed by atoms with van der Waals surface area (Å²) in [5.41, 5.74) is 7.67. The second kappa shape index (κ2) is 4.62. The third-order valence-corrected chi connectivity index (χ3v) is 3.66. The maximum Gasteiger partial charge on any atom is 0.273 e. The Bertz CT molecular complexity index is 464. The molecule has 5 nitrogen and oxygen atoms in total. The Morgan fingerprint density at radius 1 is 1.59 bits per heavy atom. The fourth-order valence-electron chi connectivity index (χ4n) is 2.10. The summed E-state index contributed by atoms with van der Waals surface area (Å²) in [7, 11) is 0. The molecule has 0 saturated carbocycles.